The van der Waals surface area contributed by atoms with Gasteiger partial charge >= 0.3 is 6.97 Å². The third kappa shape index (κ3) is 5.23. The number of halogens is 6. The lowest BCUT2D eigenvalue weighted by Crippen LogP contribution is -2.51. The molecule has 0 saturated carbocycles. The van der Waals surface area contributed by atoms with Crippen molar-refractivity contribution < 1.29 is 13.1 Å². The third-order valence-electron chi connectivity index (χ3n) is 8.50. The summed E-state index contributed by atoms with van der Waals surface area (Å²) >= 11 is 13.7. The Morgan fingerprint density at radius 2 is 1.18 bits per heavy atom. The second-order valence-electron chi connectivity index (χ2n) is 11.0. The number of aromatic nitrogens is 1. The lowest BCUT2D eigenvalue weighted by atomic mass is 9.83. The van der Waals surface area contributed by atoms with E-state index in [-0.39, 0.29) is 0 Å². The standard InChI is InChI=1S/C35H27BBr4F2N2/c1-20-31(27-14-10-24(11-15-27)18-29(37)38)22(3)43-34(20)33(26-8-6-5-7-9-26)35-21(2)32(23(4)44(35)36(43,41)42)28-16-12-25(13-17-28)19-30(39)40/h5-19H,1-4H3. The molecule has 4 aromatic rings. The molecule has 222 valence electrons. The van der Waals surface area contributed by atoms with Crippen molar-refractivity contribution in [3.8, 4) is 11.1 Å². The van der Waals surface area contributed by atoms with E-state index in [2.05, 4.69) is 63.7 Å². The van der Waals surface area contributed by atoms with Gasteiger partial charge in [-0.3, -0.25) is 0 Å². The molecule has 2 aliphatic heterocycles. The number of hydrogen-bond donors (Lipinski definition) is 0. The average molecular weight is 844 g/mol. The van der Waals surface area contributed by atoms with Gasteiger partial charge in [0, 0.05) is 23.8 Å². The largest absolute Gasteiger partial charge is 0.737 e. The van der Waals surface area contributed by atoms with Crippen molar-refractivity contribution in [1.29, 1.82) is 0 Å². The highest BCUT2D eigenvalue weighted by molar-refractivity contribution is 9.28. The second-order valence-corrected chi connectivity index (χ2v) is 16.6. The van der Waals surface area contributed by atoms with Crippen LogP contribution in [0.3, 0.4) is 0 Å². The van der Waals surface area contributed by atoms with E-state index in [0.717, 1.165) is 62.4 Å². The van der Waals surface area contributed by atoms with Gasteiger partial charge in [0.2, 0.25) is 0 Å². The van der Waals surface area contributed by atoms with Crippen molar-refractivity contribution >= 4 is 99.7 Å². The molecular weight excluding hydrogens is 817 g/mol. The number of benzene rings is 3. The Morgan fingerprint density at radius 1 is 0.682 bits per heavy atom. The maximum Gasteiger partial charge on any atom is 0.737 e. The second kappa shape index (κ2) is 12.0. The van der Waals surface area contributed by atoms with Crippen LogP contribution in [0.4, 0.5) is 8.63 Å². The van der Waals surface area contributed by atoms with Gasteiger partial charge in [0.1, 0.15) is 5.71 Å². The molecule has 6 rings (SSSR count). The zero-order valence-electron chi connectivity index (χ0n) is 24.4. The average Bonchev–Trinajstić information content (AvgIpc) is 3.39. The summed E-state index contributed by atoms with van der Waals surface area (Å²) in [4.78, 5) is 0. The van der Waals surface area contributed by atoms with Crippen LogP contribution in [0.5, 0.6) is 0 Å². The van der Waals surface area contributed by atoms with Crippen LogP contribution in [0.15, 0.2) is 96.9 Å². The number of nitrogens with zero attached hydrogens (tertiary/aromatic N) is 2. The first-order chi connectivity index (χ1) is 20.9. The summed E-state index contributed by atoms with van der Waals surface area (Å²) in [5.41, 5.74) is 11.2. The van der Waals surface area contributed by atoms with E-state index < -0.39 is 6.97 Å². The van der Waals surface area contributed by atoms with Crippen molar-refractivity contribution in [2.75, 3.05) is 0 Å². The molecule has 3 aromatic carbocycles. The molecule has 0 saturated heterocycles. The van der Waals surface area contributed by atoms with Crippen LogP contribution in [-0.2, 0) is 0 Å². The summed E-state index contributed by atoms with van der Waals surface area (Å²) in [5, 5.41) is 0. The van der Waals surface area contributed by atoms with Crippen LogP contribution in [0, 0.1) is 13.8 Å². The lowest BCUT2D eigenvalue weighted by molar-refractivity contribution is -0.363. The molecule has 0 atom stereocenters. The highest BCUT2D eigenvalue weighted by atomic mass is 79.9. The van der Waals surface area contributed by atoms with Gasteiger partial charge in [-0.1, -0.05) is 78.9 Å². The van der Waals surface area contributed by atoms with E-state index in [4.69, 9.17) is 0 Å². The Kier molecular flexibility index (Phi) is 8.54. The van der Waals surface area contributed by atoms with Gasteiger partial charge in [-0.2, -0.15) is 0 Å². The maximum atomic E-state index is 17.2. The molecule has 0 aliphatic carbocycles. The molecule has 3 heterocycles. The van der Waals surface area contributed by atoms with Crippen molar-refractivity contribution in [2.24, 2.45) is 0 Å². The monoisotopic (exact) mass is 840 g/mol. The fraction of sp³-hybridized carbons (Fsp3) is 0.114. The molecule has 0 N–H and O–H groups in total. The summed E-state index contributed by atoms with van der Waals surface area (Å²) < 4.78 is 38.6. The zero-order valence-corrected chi connectivity index (χ0v) is 30.7. The maximum absolute atomic E-state index is 17.2. The molecule has 0 amide bonds. The first-order valence-corrected chi connectivity index (χ1v) is 17.2. The number of allylic oxidation sites excluding steroid dienone is 2. The highest BCUT2D eigenvalue weighted by Crippen LogP contribution is 2.49. The normalized spacial score (nSPS) is 15.4. The van der Waals surface area contributed by atoms with Crippen molar-refractivity contribution in [1.82, 2.24) is 4.48 Å². The van der Waals surface area contributed by atoms with Crippen LogP contribution < -0.4 is 0 Å². The minimum absolute atomic E-state index is 0.551. The predicted molar refractivity (Wildman–Crippen MR) is 197 cm³/mol. The number of rotatable bonds is 5. The molecule has 0 unspecified atom stereocenters. The van der Waals surface area contributed by atoms with Crippen LogP contribution in [0.25, 0.3) is 34.4 Å². The Morgan fingerprint density at radius 3 is 1.70 bits per heavy atom. The Bertz CT molecular complexity index is 1970. The van der Waals surface area contributed by atoms with Gasteiger partial charge in [0.05, 0.1) is 17.9 Å². The fourth-order valence-electron chi connectivity index (χ4n) is 6.81. The Balaban J connectivity index is 1.64. The summed E-state index contributed by atoms with van der Waals surface area (Å²) in [5.74, 6) is 0. The number of hydrogen-bond acceptors (Lipinski definition) is 0. The fourth-order valence-corrected chi connectivity index (χ4v) is 7.87. The molecule has 0 bridgehead atoms. The first kappa shape index (κ1) is 31.4. The van der Waals surface area contributed by atoms with Crippen LogP contribution in [0.2, 0.25) is 0 Å². The highest BCUT2D eigenvalue weighted by Gasteiger charge is 2.57. The van der Waals surface area contributed by atoms with Crippen LogP contribution >= 0.6 is 63.7 Å². The molecule has 0 fully saturated rings. The zero-order chi connectivity index (χ0) is 31.5. The molecule has 2 nitrogen and oxygen atoms in total. The first-order valence-electron chi connectivity index (χ1n) is 14.1. The van der Waals surface area contributed by atoms with Crippen molar-refractivity contribution in [3.63, 3.8) is 0 Å². The molecule has 9 heteroatoms. The van der Waals surface area contributed by atoms with E-state index in [0.29, 0.717) is 22.8 Å². The Labute approximate surface area is 290 Å². The van der Waals surface area contributed by atoms with E-state index in [9.17, 15) is 0 Å². The summed E-state index contributed by atoms with van der Waals surface area (Å²) in [6, 6.07) is 25.9. The molecule has 1 aromatic heterocycles. The van der Waals surface area contributed by atoms with Gasteiger partial charge in [-0.05, 0) is 136 Å². The van der Waals surface area contributed by atoms with E-state index >= 15 is 8.63 Å². The van der Waals surface area contributed by atoms with E-state index in [1.165, 1.54) is 8.96 Å². The Hall–Kier alpha value is -2.59. The van der Waals surface area contributed by atoms with Crippen molar-refractivity contribution in [3.05, 3.63) is 136 Å². The summed E-state index contributed by atoms with van der Waals surface area (Å²) in [6.07, 6.45) is 3.91. The minimum atomic E-state index is -4.21. The molecule has 2 aliphatic rings. The SMILES string of the molecule is CC1=C(c2ccc(C=C(Br)Br)cc2)C(C)=[N+]2C1=C(c1ccccc1)c1c(C)c(-c3ccc(C=C(Br)Br)cc3)c(C)n1[B-]2(F)F. The van der Waals surface area contributed by atoms with Gasteiger partial charge in [-0.25, -0.2) is 0 Å². The van der Waals surface area contributed by atoms with Gasteiger partial charge in [-0.15, -0.1) is 0 Å². The van der Waals surface area contributed by atoms with Crippen LogP contribution in [0.1, 0.15) is 53.1 Å². The van der Waals surface area contributed by atoms with Crippen molar-refractivity contribution in [2.45, 2.75) is 27.7 Å². The molecule has 0 spiro atoms. The van der Waals surface area contributed by atoms with Gasteiger partial charge in [0.15, 0.2) is 5.70 Å². The number of fused-ring (bicyclic) bond motifs is 2. The van der Waals surface area contributed by atoms with Crippen LogP contribution in [-0.4, -0.2) is 21.6 Å². The van der Waals surface area contributed by atoms with E-state index in [1.807, 2.05) is 119 Å². The minimum Gasteiger partial charge on any atom is -0.393 e. The lowest BCUT2D eigenvalue weighted by Gasteiger charge is -2.34. The molecule has 0 radical (unpaired) electrons. The summed E-state index contributed by atoms with van der Waals surface area (Å²) in [6.45, 7) is 3.37. The quantitative estimate of drug-likeness (QED) is 0.177. The summed E-state index contributed by atoms with van der Waals surface area (Å²) in [7, 11) is 0. The third-order valence-corrected chi connectivity index (χ3v) is 9.41. The smallest absolute Gasteiger partial charge is 0.393 e. The van der Waals surface area contributed by atoms with E-state index in [1.54, 1.807) is 0 Å². The molecule has 44 heavy (non-hydrogen) atoms. The molecular formula is C35H27BBr4F2N2. The topological polar surface area (TPSA) is 7.94 Å². The predicted octanol–water partition coefficient (Wildman–Crippen LogP) is 11.9. The van der Waals surface area contributed by atoms with Gasteiger partial charge in [0.25, 0.3) is 0 Å². The van der Waals surface area contributed by atoms with Gasteiger partial charge < -0.3 is 17.6 Å².